The Hall–Kier alpha value is -2.00. The lowest BCUT2D eigenvalue weighted by Gasteiger charge is -2.08. The van der Waals surface area contributed by atoms with E-state index in [2.05, 4.69) is 17.2 Å². The molecule has 0 aliphatic carbocycles. The molecule has 0 atom stereocenters. The van der Waals surface area contributed by atoms with Gasteiger partial charge in [0, 0.05) is 17.7 Å². The fourth-order valence-corrected chi connectivity index (χ4v) is 1.45. The van der Waals surface area contributed by atoms with Gasteiger partial charge in [0.15, 0.2) is 0 Å². The molecule has 20 heavy (non-hydrogen) atoms. The lowest BCUT2D eigenvalue weighted by molar-refractivity contribution is -0.142. The van der Waals surface area contributed by atoms with Gasteiger partial charge in [0.05, 0.1) is 6.42 Å². The molecule has 1 rings (SSSR count). The molecule has 1 amide bonds. The van der Waals surface area contributed by atoms with Crippen LogP contribution in [0.25, 0.3) is 0 Å². The Balaban J connectivity index is 2.71. The summed E-state index contributed by atoms with van der Waals surface area (Å²) in [6.07, 6.45) is -6.11. The molecule has 0 unspecified atom stereocenters. The Bertz CT molecular complexity index is 542. The number of alkyl halides is 3. The highest BCUT2D eigenvalue weighted by molar-refractivity contribution is 5.90. The van der Waals surface area contributed by atoms with E-state index in [1.165, 1.54) is 0 Å². The largest absolute Gasteiger partial charge is 0.389 e. The summed E-state index contributed by atoms with van der Waals surface area (Å²) in [5, 5.41) is 11.0. The van der Waals surface area contributed by atoms with Crippen LogP contribution in [-0.4, -0.2) is 23.8 Å². The summed E-state index contributed by atoms with van der Waals surface area (Å²) in [7, 11) is 0. The maximum atomic E-state index is 12.0. The molecular weight excluding hydrogens is 271 g/mol. The van der Waals surface area contributed by atoms with Gasteiger partial charge in [-0.1, -0.05) is 17.9 Å². The Kier molecular flexibility index (Phi) is 5.59. The molecule has 3 nitrogen and oxygen atoms in total. The number of aliphatic hydroxyl groups is 1. The quantitative estimate of drug-likeness (QED) is 0.839. The van der Waals surface area contributed by atoms with Crippen LogP contribution in [0.3, 0.4) is 0 Å². The van der Waals surface area contributed by atoms with Crippen LogP contribution >= 0.6 is 0 Å². The topological polar surface area (TPSA) is 49.3 Å². The van der Waals surface area contributed by atoms with Crippen molar-refractivity contribution < 1.29 is 23.1 Å². The van der Waals surface area contributed by atoms with E-state index in [1.54, 1.807) is 25.1 Å². The predicted octanol–water partition coefficient (Wildman–Crippen LogP) is 2.62. The average molecular weight is 285 g/mol. The molecule has 108 valence electrons. The van der Waals surface area contributed by atoms with Gasteiger partial charge >= 0.3 is 6.18 Å². The molecule has 6 heteroatoms. The molecule has 0 saturated carbocycles. The van der Waals surface area contributed by atoms with Crippen LogP contribution < -0.4 is 5.32 Å². The Labute approximate surface area is 114 Å². The first-order chi connectivity index (χ1) is 9.31. The third-order valence-electron chi connectivity index (χ3n) is 2.46. The third kappa shape index (κ3) is 5.76. The van der Waals surface area contributed by atoms with Gasteiger partial charge in [0.1, 0.15) is 6.61 Å². The highest BCUT2D eigenvalue weighted by atomic mass is 19.4. The van der Waals surface area contributed by atoms with Crippen molar-refractivity contribution >= 4 is 11.6 Å². The highest BCUT2D eigenvalue weighted by Gasteiger charge is 2.27. The van der Waals surface area contributed by atoms with Crippen molar-refractivity contribution in [3.63, 3.8) is 0 Å². The van der Waals surface area contributed by atoms with Crippen LogP contribution in [0.15, 0.2) is 18.2 Å². The summed E-state index contributed by atoms with van der Waals surface area (Å²) in [6, 6.07) is 4.84. The standard InChI is InChI=1S/C14H14F3NO2/c1-10-4-5-12(9-11(10)3-2-8-19)18-13(20)6-7-14(15,16)17/h4-5,9,19H,6-8H2,1H3,(H,18,20). The fourth-order valence-electron chi connectivity index (χ4n) is 1.45. The van der Waals surface area contributed by atoms with Gasteiger partial charge in [-0.2, -0.15) is 13.2 Å². The second-order valence-corrected chi connectivity index (χ2v) is 4.15. The zero-order chi connectivity index (χ0) is 15.2. The minimum atomic E-state index is -4.34. The number of benzene rings is 1. The zero-order valence-electron chi connectivity index (χ0n) is 10.8. The summed E-state index contributed by atoms with van der Waals surface area (Å²) in [6.45, 7) is 1.51. The molecule has 0 fully saturated rings. The van der Waals surface area contributed by atoms with E-state index in [0.717, 1.165) is 5.56 Å². The normalized spacial score (nSPS) is 10.7. The Morgan fingerprint density at radius 3 is 2.70 bits per heavy atom. The van der Waals surface area contributed by atoms with Crippen molar-refractivity contribution in [3.05, 3.63) is 29.3 Å². The summed E-state index contributed by atoms with van der Waals surface area (Å²) < 4.78 is 36.0. The second kappa shape index (κ2) is 6.96. The molecule has 0 aliphatic rings. The van der Waals surface area contributed by atoms with Gasteiger partial charge < -0.3 is 10.4 Å². The number of aryl methyl sites for hydroxylation is 1. The Morgan fingerprint density at radius 2 is 2.10 bits per heavy atom. The van der Waals surface area contributed by atoms with E-state index in [-0.39, 0.29) is 6.61 Å². The van der Waals surface area contributed by atoms with Crippen molar-refractivity contribution in [3.8, 4) is 11.8 Å². The minimum absolute atomic E-state index is 0.290. The van der Waals surface area contributed by atoms with E-state index in [0.29, 0.717) is 11.3 Å². The van der Waals surface area contributed by atoms with Crippen LogP contribution in [0, 0.1) is 18.8 Å². The first-order valence-corrected chi connectivity index (χ1v) is 5.89. The Morgan fingerprint density at radius 1 is 1.40 bits per heavy atom. The molecule has 0 saturated heterocycles. The number of carbonyl (C=O) groups excluding carboxylic acids is 1. The molecule has 0 heterocycles. The lowest BCUT2D eigenvalue weighted by atomic mass is 10.1. The predicted molar refractivity (Wildman–Crippen MR) is 69.1 cm³/mol. The van der Waals surface area contributed by atoms with Gasteiger partial charge in [-0.05, 0) is 24.6 Å². The number of aliphatic hydroxyl groups excluding tert-OH is 1. The first-order valence-electron chi connectivity index (χ1n) is 5.89. The smallest absolute Gasteiger partial charge is 0.384 e. The van der Waals surface area contributed by atoms with Crippen LogP contribution in [-0.2, 0) is 4.79 Å². The number of hydrogen-bond acceptors (Lipinski definition) is 2. The SMILES string of the molecule is Cc1ccc(NC(=O)CCC(F)(F)F)cc1C#CCO. The van der Waals surface area contributed by atoms with Gasteiger partial charge in [-0.25, -0.2) is 0 Å². The van der Waals surface area contributed by atoms with Crippen LogP contribution in [0.2, 0.25) is 0 Å². The van der Waals surface area contributed by atoms with Crippen LogP contribution in [0.4, 0.5) is 18.9 Å². The lowest BCUT2D eigenvalue weighted by Crippen LogP contribution is -2.16. The van der Waals surface area contributed by atoms with E-state index in [1.807, 2.05) is 0 Å². The van der Waals surface area contributed by atoms with Gasteiger partial charge in [0.25, 0.3) is 0 Å². The van der Waals surface area contributed by atoms with Crippen molar-refractivity contribution in [1.29, 1.82) is 0 Å². The molecule has 2 N–H and O–H groups in total. The molecule has 1 aromatic carbocycles. The number of halogens is 3. The van der Waals surface area contributed by atoms with Gasteiger partial charge in [-0.15, -0.1) is 0 Å². The average Bonchev–Trinajstić information content (AvgIpc) is 2.36. The zero-order valence-corrected chi connectivity index (χ0v) is 10.8. The summed E-state index contributed by atoms with van der Waals surface area (Å²) >= 11 is 0. The van der Waals surface area contributed by atoms with Crippen molar-refractivity contribution in [2.75, 3.05) is 11.9 Å². The van der Waals surface area contributed by atoms with Gasteiger partial charge in [0.2, 0.25) is 5.91 Å². The molecule has 0 bridgehead atoms. The molecule has 0 aliphatic heterocycles. The van der Waals surface area contributed by atoms with Crippen molar-refractivity contribution in [2.24, 2.45) is 0 Å². The van der Waals surface area contributed by atoms with Crippen molar-refractivity contribution in [1.82, 2.24) is 0 Å². The van der Waals surface area contributed by atoms with Gasteiger partial charge in [-0.3, -0.25) is 4.79 Å². The number of hydrogen-bond donors (Lipinski definition) is 2. The molecule has 0 aromatic heterocycles. The summed E-state index contributed by atoms with van der Waals surface area (Å²) in [4.78, 5) is 11.4. The first kappa shape index (κ1) is 16.1. The summed E-state index contributed by atoms with van der Waals surface area (Å²) in [5.41, 5.74) is 1.83. The number of carbonyl (C=O) groups is 1. The number of amides is 1. The molecule has 0 spiro atoms. The fraction of sp³-hybridized carbons (Fsp3) is 0.357. The molecule has 0 radical (unpaired) electrons. The third-order valence-corrected chi connectivity index (χ3v) is 2.46. The maximum Gasteiger partial charge on any atom is 0.389 e. The van der Waals surface area contributed by atoms with E-state index < -0.39 is 24.9 Å². The number of rotatable bonds is 3. The van der Waals surface area contributed by atoms with Crippen LogP contribution in [0.1, 0.15) is 24.0 Å². The van der Waals surface area contributed by atoms with E-state index in [4.69, 9.17) is 5.11 Å². The minimum Gasteiger partial charge on any atom is -0.384 e. The second-order valence-electron chi connectivity index (χ2n) is 4.15. The number of anilines is 1. The molecule has 1 aromatic rings. The maximum absolute atomic E-state index is 12.0. The van der Waals surface area contributed by atoms with Crippen LogP contribution in [0.5, 0.6) is 0 Å². The molecular formula is C14H14F3NO2. The summed E-state index contributed by atoms with van der Waals surface area (Å²) in [5.74, 6) is 4.47. The van der Waals surface area contributed by atoms with E-state index in [9.17, 15) is 18.0 Å². The van der Waals surface area contributed by atoms with E-state index >= 15 is 0 Å². The highest BCUT2D eigenvalue weighted by Crippen LogP contribution is 2.22. The monoisotopic (exact) mass is 285 g/mol. The number of nitrogens with one attached hydrogen (secondary N) is 1. The van der Waals surface area contributed by atoms with Crippen molar-refractivity contribution in [2.45, 2.75) is 25.9 Å².